The Morgan fingerprint density at radius 3 is 2.35 bits per heavy atom. The molecule has 0 bridgehead atoms. The molecule has 0 saturated heterocycles. The molecule has 5 nitrogen and oxygen atoms in total. The predicted molar refractivity (Wildman–Crippen MR) is 82.2 cm³/mol. The van der Waals surface area contributed by atoms with E-state index in [0.717, 1.165) is 32.1 Å². The summed E-state index contributed by atoms with van der Waals surface area (Å²) in [5.41, 5.74) is -1.08. The monoisotopic (exact) mass is 302 g/mol. The van der Waals surface area contributed by atoms with Crippen molar-refractivity contribution in [3.8, 4) is 0 Å². The minimum Gasteiger partial charge on any atom is -0.480 e. The molecule has 0 radical (unpaired) electrons. The van der Waals surface area contributed by atoms with Gasteiger partial charge in [0.1, 0.15) is 5.54 Å². The van der Waals surface area contributed by atoms with E-state index in [2.05, 4.69) is 17.6 Å². The molecule has 116 valence electrons. The summed E-state index contributed by atoms with van der Waals surface area (Å²) in [4.78, 5) is 23.5. The number of nitrogens with one attached hydrogen (secondary N) is 2. The lowest BCUT2D eigenvalue weighted by molar-refractivity contribution is -0.145. The summed E-state index contributed by atoms with van der Waals surface area (Å²) in [5.74, 6) is -0.910. The van der Waals surface area contributed by atoms with Crippen LogP contribution < -0.4 is 10.6 Å². The van der Waals surface area contributed by atoms with Crippen LogP contribution in [0.2, 0.25) is 0 Å². The van der Waals surface area contributed by atoms with E-state index in [9.17, 15) is 14.7 Å². The van der Waals surface area contributed by atoms with Gasteiger partial charge in [-0.1, -0.05) is 32.6 Å². The molecular weight excluding hydrogens is 276 g/mol. The number of carboxylic acids is 1. The second-order valence-corrected chi connectivity index (χ2v) is 6.79. The molecule has 1 atom stereocenters. The van der Waals surface area contributed by atoms with E-state index >= 15 is 0 Å². The lowest BCUT2D eigenvalue weighted by atomic mass is 9.90. The van der Waals surface area contributed by atoms with Gasteiger partial charge in [-0.3, -0.25) is 0 Å². The molecule has 20 heavy (non-hydrogen) atoms. The van der Waals surface area contributed by atoms with Crippen LogP contribution in [0.5, 0.6) is 0 Å². The molecule has 1 saturated carbocycles. The molecule has 1 unspecified atom stereocenters. The maximum atomic E-state index is 11.9. The standard InChI is InChI=1S/C14H26N2O3S/c1-11(20-2)7-10-15-13(19)16-14(12(17)18)8-5-3-4-6-9-14/h11H,3-10H2,1-2H3,(H,17,18)(H2,15,16,19). The predicted octanol–water partition coefficient (Wildman–Crippen LogP) is 2.60. The average Bonchev–Trinajstić information content (AvgIpc) is 2.65. The van der Waals surface area contributed by atoms with Gasteiger partial charge in [-0.25, -0.2) is 9.59 Å². The molecule has 1 rings (SSSR count). The quantitative estimate of drug-likeness (QED) is 0.659. The summed E-state index contributed by atoms with van der Waals surface area (Å²) in [6, 6.07) is -0.359. The number of hydrogen-bond acceptors (Lipinski definition) is 3. The van der Waals surface area contributed by atoms with Crippen molar-refractivity contribution < 1.29 is 14.7 Å². The van der Waals surface area contributed by atoms with Gasteiger partial charge in [-0.15, -0.1) is 0 Å². The van der Waals surface area contributed by atoms with E-state index in [1.165, 1.54) is 0 Å². The van der Waals surface area contributed by atoms with Crippen molar-refractivity contribution in [3.05, 3.63) is 0 Å². The zero-order valence-corrected chi connectivity index (χ0v) is 13.2. The third-order valence-corrected chi connectivity index (χ3v) is 5.00. The molecule has 0 aliphatic heterocycles. The van der Waals surface area contributed by atoms with Gasteiger partial charge in [0, 0.05) is 11.8 Å². The number of thioether (sulfide) groups is 1. The van der Waals surface area contributed by atoms with Crippen LogP contribution in [0, 0.1) is 0 Å². The normalized spacial score (nSPS) is 19.7. The van der Waals surface area contributed by atoms with Crippen LogP contribution >= 0.6 is 11.8 Å². The Labute approximate surface area is 125 Å². The number of amides is 2. The molecule has 1 fully saturated rings. The minimum atomic E-state index is -1.08. The van der Waals surface area contributed by atoms with Crippen LogP contribution in [-0.4, -0.2) is 40.7 Å². The second-order valence-electron chi connectivity index (χ2n) is 5.52. The first-order valence-electron chi connectivity index (χ1n) is 7.32. The number of carbonyl (C=O) groups is 2. The Bertz CT molecular complexity index is 328. The number of aliphatic carboxylic acids is 1. The Hall–Kier alpha value is -0.910. The highest BCUT2D eigenvalue weighted by molar-refractivity contribution is 7.99. The number of carbonyl (C=O) groups excluding carboxylic acids is 1. The zero-order chi connectivity index (χ0) is 15.0. The number of rotatable bonds is 6. The van der Waals surface area contributed by atoms with Gasteiger partial charge in [0.15, 0.2) is 0 Å². The molecule has 0 aromatic heterocycles. The highest BCUT2D eigenvalue weighted by Crippen LogP contribution is 2.27. The van der Waals surface area contributed by atoms with Crippen LogP contribution in [0.15, 0.2) is 0 Å². The van der Waals surface area contributed by atoms with Crippen LogP contribution in [0.25, 0.3) is 0 Å². The molecule has 1 aliphatic rings. The Morgan fingerprint density at radius 1 is 1.25 bits per heavy atom. The van der Waals surface area contributed by atoms with Crippen molar-refractivity contribution in [3.63, 3.8) is 0 Å². The van der Waals surface area contributed by atoms with Crippen molar-refractivity contribution in [1.82, 2.24) is 10.6 Å². The fraction of sp³-hybridized carbons (Fsp3) is 0.857. The Morgan fingerprint density at radius 2 is 1.85 bits per heavy atom. The van der Waals surface area contributed by atoms with Gasteiger partial charge >= 0.3 is 12.0 Å². The van der Waals surface area contributed by atoms with E-state index < -0.39 is 11.5 Å². The van der Waals surface area contributed by atoms with Crippen molar-refractivity contribution in [2.75, 3.05) is 12.8 Å². The highest BCUT2D eigenvalue weighted by Gasteiger charge is 2.39. The van der Waals surface area contributed by atoms with E-state index in [-0.39, 0.29) is 6.03 Å². The highest BCUT2D eigenvalue weighted by atomic mass is 32.2. The summed E-state index contributed by atoms with van der Waals surface area (Å²) < 4.78 is 0. The largest absolute Gasteiger partial charge is 0.480 e. The van der Waals surface area contributed by atoms with Crippen molar-refractivity contribution in [2.45, 2.75) is 62.7 Å². The molecule has 0 aromatic rings. The topological polar surface area (TPSA) is 78.4 Å². The lowest BCUT2D eigenvalue weighted by Gasteiger charge is -2.29. The summed E-state index contributed by atoms with van der Waals surface area (Å²) in [6.07, 6.45) is 7.78. The third-order valence-electron chi connectivity index (χ3n) is 3.96. The van der Waals surface area contributed by atoms with E-state index in [1.807, 2.05) is 6.26 Å². The second kappa shape index (κ2) is 8.39. The summed E-state index contributed by atoms with van der Waals surface area (Å²) in [7, 11) is 0. The van der Waals surface area contributed by atoms with Gasteiger partial charge in [0.25, 0.3) is 0 Å². The Kier molecular flexibility index (Phi) is 7.19. The van der Waals surface area contributed by atoms with E-state index in [0.29, 0.717) is 24.6 Å². The van der Waals surface area contributed by atoms with Gasteiger partial charge in [0.2, 0.25) is 0 Å². The first-order chi connectivity index (χ1) is 9.50. The molecule has 0 heterocycles. The van der Waals surface area contributed by atoms with Gasteiger partial charge in [-0.2, -0.15) is 11.8 Å². The van der Waals surface area contributed by atoms with Crippen molar-refractivity contribution in [1.29, 1.82) is 0 Å². The molecular formula is C14H26N2O3S. The smallest absolute Gasteiger partial charge is 0.329 e. The fourth-order valence-electron chi connectivity index (χ4n) is 2.49. The van der Waals surface area contributed by atoms with Gasteiger partial charge in [-0.05, 0) is 25.5 Å². The molecule has 6 heteroatoms. The van der Waals surface area contributed by atoms with Crippen LogP contribution in [0.1, 0.15) is 51.9 Å². The molecule has 2 amide bonds. The van der Waals surface area contributed by atoms with Crippen LogP contribution in [-0.2, 0) is 4.79 Å². The lowest BCUT2D eigenvalue weighted by Crippen LogP contribution is -2.57. The zero-order valence-electron chi connectivity index (χ0n) is 12.4. The average molecular weight is 302 g/mol. The van der Waals surface area contributed by atoms with E-state index in [1.54, 1.807) is 11.8 Å². The first kappa shape index (κ1) is 17.1. The molecule has 0 spiro atoms. The van der Waals surface area contributed by atoms with Crippen LogP contribution in [0.4, 0.5) is 4.79 Å². The fourth-order valence-corrected chi connectivity index (χ4v) is 2.85. The van der Waals surface area contributed by atoms with Crippen molar-refractivity contribution in [2.24, 2.45) is 0 Å². The van der Waals surface area contributed by atoms with E-state index in [4.69, 9.17) is 0 Å². The first-order valence-corrected chi connectivity index (χ1v) is 8.61. The Balaban J connectivity index is 2.48. The summed E-state index contributed by atoms with van der Waals surface area (Å²) in [5, 5.41) is 15.4. The van der Waals surface area contributed by atoms with Gasteiger partial charge in [0.05, 0.1) is 0 Å². The number of urea groups is 1. The maximum Gasteiger partial charge on any atom is 0.329 e. The van der Waals surface area contributed by atoms with Crippen LogP contribution in [0.3, 0.4) is 0 Å². The number of carboxylic acid groups (broad SMARTS) is 1. The summed E-state index contributed by atoms with van der Waals surface area (Å²) in [6.45, 7) is 2.68. The SMILES string of the molecule is CSC(C)CCNC(=O)NC1(C(=O)O)CCCCCC1. The maximum absolute atomic E-state index is 11.9. The molecule has 1 aliphatic carbocycles. The molecule has 3 N–H and O–H groups in total. The minimum absolute atomic E-state index is 0.359. The van der Waals surface area contributed by atoms with Crippen molar-refractivity contribution >= 4 is 23.8 Å². The number of hydrogen-bond donors (Lipinski definition) is 3. The molecule has 0 aromatic carbocycles. The summed E-state index contributed by atoms with van der Waals surface area (Å²) >= 11 is 1.75. The third kappa shape index (κ3) is 5.23. The van der Waals surface area contributed by atoms with Gasteiger partial charge < -0.3 is 15.7 Å².